The molecule has 3 nitrogen and oxygen atoms in total. The standard InChI is InChI=1S/C16H26N2O/c1-14-13-15-7-3-4-8-16(15)18(14)11-6-5-9-17-10-12-19-2/h3-4,7-8,14,17H,5-6,9-13H2,1-2H3. The summed E-state index contributed by atoms with van der Waals surface area (Å²) in [5, 5.41) is 3.40. The summed E-state index contributed by atoms with van der Waals surface area (Å²) in [5.41, 5.74) is 2.95. The Bertz CT molecular complexity index is 381. The van der Waals surface area contributed by atoms with E-state index in [1.165, 1.54) is 37.1 Å². The molecule has 1 atom stereocenters. The average molecular weight is 262 g/mol. The first-order valence-electron chi connectivity index (χ1n) is 7.37. The largest absolute Gasteiger partial charge is 0.383 e. The Kier molecular flexibility index (Phi) is 5.67. The van der Waals surface area contributed by atoms with Crippen LogP contribution in [0.25, 0.3) is 0 Å². The van der Waals surface area contributed by atoms with Gasteiger partial charge in [0.25, 0.3) is 0 Å². The van der Waals surface area contributed by atoms with Crippen molar-refractivity contribution in [3.8, 4) is 0 Å². The molecule has 0 spiro atoms. The van der Waals surface area contributed by atoms with Crippen LogP contribution >= 0.6 is 0 Å². The number of ether oxygens (including phenoxy) is 1. The summed E-state index contributed by atoms with van der Waals surface area (Å²) in [6.07, 6.45) is 3.68. The van der Waals surface area contributed by atoms with Gasteiger partial charge in [-0.05, 0) is 44.4 Å². The van der Waals surface area contributed by atoms with Crippen LogP contribution in [0.2, 0.25) is 0 Å². The fourth-order valence-electron chi connectivity index (χ4n) is 2.80. The highest BCUT2D eigenvalue weighted by atomic mass is 16.5. The van der Waals surface area contributed by atoms with E-state index in [-0.39, 0.29) is 0 Å². The van der Waals surface area contributed by atoms with E-state index in [1.54, 1.807) is 7.11 Å². The van der Waals surface area contributed by atoms with Crippen molar-refractivity contribution < 1.29 is 4.74 Å². The molecule has 0 radical (unpaired) electrons. The van der Waals surface area contributed by atoms with Gasteiger partial charge in [-0.1, -0.05) is 18.2 Å². The van der Waals surface area contributed by atoms with Crippen molar-refractivity contribution in [2.24, 2.45) is 0 Å². The van der Waals surface area contributed by atoms with Crippen molar-refractivity contribution in [1.29, 1.82) is 0 Å². The Morgan fingerprint density at radius 3 is 2.95 bits per heavy atom. The van der Waals surface area contributed by atoms with Crippen LogP contribution in [0.5, 0.6) is 0 Å². The molecule has 3 heteroatoms. The molecule has 1 aliphatic heterocycles. The first-order valence-corrected chi connectivity index (χ1v) is 7.37. The Morgan fingerprint density at radius 2 is 2.11 bits per heavy atom. The molecule has 106 valence electrons. The van der Waals surface area contributed by atoms with Crippen LogP contribution in [0.15, 0.2) is 24.3 Å². The molecule has 0 saturated carbocycles. The molecule has 0 amide bonds. The Hall–Kier alpha value is -1.06. The molecule has 1 aromatic rings. The SMILES string of the molecule is COCCNCCCCN1c2ccccc2CC1C. The topological polar surface area (TPSA) is 24.5 Å². The van der Waals surface area contributed by atoms with Gasteiger partial charge in [-0.3, -0.25) is 0 Å². The maximum absolute atomic E-state index is 5.01. The van der Waals surface area contributed by atoms with E-state index >= 15 is 0 Å². The van der Waals surface area contributed by atoms with Gasteiger partial charge in [-0.25, -0.2) is 0 Å². The lowest BCUT2D eigenvalue weighted by Crippen LogP contribution is -2.30. The second-order valence-corrected chi connectivity index (χ2v) is 5.33. The van der Waals surface area contributed by atoms with E-state index in [4.69, 9.17) is 4.74 Å². The van der Waals surface area contributed by atoms with Crippen LogP contribution in [0, 0.1) is 0 Å². The highest BCUT2D eigenvalue weighted by Gasteiger charge is 2.24. The van der Waals surface area contributed by atoms with Crippen molar-refractivity contribution in [2.75, 3.05) is 38.3 Å². The maximum atomic E-state index is 5.01. The van der Waals surface area contributed by atoms with Crippen LogP contribution in [0.3, 0.4) is 0 Å². The molecule has 0 aromatic heterocycles. The van der Waals surface area contributed by atoms with Gasteiger partial charge in [-0.2, -0.15) is 0 Å². The van der Waals surface area contributed by atoms with Gasteiger partial charge >= 0.3 is 0 Å². The molecule has 1 heterocycles. The molecule has 0 fully saturated rings. The van der Waals surface area contributed by atoms with E-state index in [0.29, 0.717) is 6.04 Å². The summed E-state index contributed by atoms with van der Waals surface area (Å²) in [4.78, 5) is 2.56. The number of fused-ring (bicyclic) bond motifs is 1. The number of benzene rings is 1. The summed E-state index contributed by atoms with van der Waals surface area (Å²) in [6.45, 7) is 6.35. The first-order chi connectivity index (χ1) is 9.33. The van der Waals surface area contributed by atoms with E-state index in [9.17, 15) is 0 Å². The van der Waals surface area contributed by atoms with E-state index in [1.807, 2.05) is 0 Å². The van der Waals surface area contributed by atoms with Gasteiger partial charge in [0.1, 0.15) is 0 Å². The molecule has 2 rings (SSSR count). The number of para-hydroxylation sites is 1. The van der Waals surface area contributed by atoms with Crippen LogP contribution in [-0.4, -0.2) is 39.4 Å². The predicted octanol–water partition coefficient (Wildman–Crippen LogP) is 2.45. The van der Waals surface area contributed by atoms with Crippen LogP contribution < -0.4 is 10.2 Å². The summed E-state index contributed by atoms with van der Waals surface area (Å²) in [5.74, 6) is 0. The third-order valence-corrected chi connectivity index (χ3v) is 3.83. The van der Waals surface area contributed by atoms with Gasteiger partial charge < -0.3 is 15.0 Å². The van der Waals surface area contributed by atoms with Crippen LogP contribution in [0.1, 0.15) is 25.3 Å². The third-order valence-electron chi connectivity index (χ3n) is 3.83. The molecular formula is C16H26N2O. The lowest BCUT2D eigenvalue weighted by atomic mass is 10.1. The molecule has 0 bridgehead atoms. The van der Waals surface area contributed by atoms with Crippen molar-refractivity contribution in [3.63, 3.8) is 0 Å². The molecular weight excluding hydrogens is 236 g/mol. The predicted molar refractivity (Wildman–Crippen MR) is 80.9 cm³/mol. The normalized spacial score (nSPS) is 17.8. The third kappa shape index (κ3) is 3.95. The summed E-state index contributed by atoms with van der Waals surface area (Å²) < 4.78 is 5.01. The van der Waals surface area contributed by atoms with Gasteiger partial charge in [0.05, 0.1) is 6.61 Å². The average Bonchev–Trinajstić information content (AvgIpc) is 2.74. The first kappa shape index (κ1) is 14.4. The van der Waals surface area contributed by atoms with Crippen molar-refractivity contribution in [1.82, 2.24) is 5.32 Å². The second-order valence-electron chi connectivity index (χ2n) is 5.33. The van der Waals surface area contributed by atoms with Gasteiger partial charge in [0.2, 0.25) is 0 Å². The fraction of sp³-hybridized carbons (Fsp3) is 0.625. The smallest absolute Gasteiger partial charge is 0.0587 e. The minimum Gasteiger partial charge on any atom is -0.383 e. The molecule has 1 aliphatic rings. The molecule has 1 N–H and O–H groups in total. The van der Waals surface area contributed by atoms with Gasteiger partial charge in [-0.15, -0.1) is 0 Å². The lowest BCUT2D eigenvalue weighted by molar-refractivity contribution is 0.199. The van der Waals surface area contributed by atoms with Crippen LogP contribution in [0.4, 0.5) is 5.69 Å². The number of methoxy groups -OCH3 is 1. The Morgan fingerprint density at radius 1 is 1.26 bits per heavy atom. The molecule has 1 unspecified atom stereocenters. The minimum absolute atomic E-state index is 0.652. The van der Waals surface area contributed by atoms with Crippen molar-refractivity contribution >= 4 is 5.69 Å². The maximum Gasteiger partial charge on any atom is 0.0587 e. The Balaban J connectivity index is 1.69. The summed E-state index contributed by atoms with van der Waals surface area (Å²) in [6, 6.07) is 9.47. The van der Waals surface area contributed by atoms with Gasteiger partial charge in [0, 0.05) is 31.9 Å². The summed E-state index contributed by atoms with van der Waals surface area (Å²) >= 11 is 0. The Labute approximate surface area is 116 Å². The molecule has 1 aromatic carbocycles. The number of unbranched alkanes of at least 4 members (excludes halogenated alkanes) is 1. The number of anilines is 1. The summed E-state index contributed by atoms with van der Waals surface area (Å²) in [7, 11) is 1.74. The quantitative estimate of drug-likeness (QED) is 0.728. The minimum atomic E-state index is 0.652. The lowest BCUT2D eigenvalue weighted by Gasteiger charge is -2.24. The zero-order valence-corrected chi connectivity index (χ0v) is 12.2. The highest BCUT2D eigenvalue weighted by Crippen LogP contribution is 2.31. The zero-order chi connectivity index (χ0) is 13.5. The number of nitrogens with zero attached hydrogens (tertiary/aromatic N) is 1. The van der Waals surface area contributed by atoms with E-state index < -0.39 is 0 Å². The highest BCUT2D eigenvalue weighted by molar-refractivity contribution is 5.59. The van der Waals surface area contributed by atoms with Gasteiger partial charge in [0.15, 0.2) is 0 Å². The van der Waals surface area contributed by atoms with Crippen LogP contribution in [-0.2, 0) is 11.2 Å². The number of nitrogens with one attached hydrogen (secondary N) is 1. The molecule has 0 aliphatic carbocycles. The second kappa shape index (κ2) is 7.51. The van der Waals surface area contributed by atoms with Crippen molar-refractivity contribution in [2.45, 2.75) is 32.2 Å². The van der Waals surface area contributed by atoms with E-state index in [2.05, 4.69) is 41.4 Å². The zero-order valence-electron chi connectivity index (χ0n) is 12.2. The molecule has 19 heavy (non-hydrogen) atoms. The van der Waals surface area contributed by atoms with E-state index in [0.717, 1.165) is 19.7 Å². The monoisotopic (exact) mass is 262 g/mol. The fourth-order valence-corrected chi connectivity index (χ4v) is 2.80. The van der Waals surface area contributed by atoms with Crippen molar-refractivity contribution in [3.05, 3.63) is 29.8 Å². The number of rotatable bonds is 8. The number of hydrogen-bond donors (Lipinski definition) is 1. The molecule has 0 saturated heterocycles. The number of hydrogen-bond acceptors (Lipinski definition) is 3.